The van der Waals surface area contributed by atoms with E-state index in [2.05, 4.69) is 15.3 Å². The minimum absolute atomic E-state index is 0.418. The molecule has 0 radical (unpaired) electrons. The zero-order valence-electron chi connectivity index (χ0n) is 11.7. The molecule has 0 heterocycles. The van der Waals surface area contributed by atoms with Crippen molar-refractivity contribution in [1.82, 2.24) is 0 Å². The summed E-state index contributed by atoms with van der Waals surface area (Å²) in [4.78, 5) is 11.2. The number of benzene rings is 2. The van der Waals surface area contributed by atoms with E-state index in [0.29, 0.717) is 5.71 Å². The molecule has 0 saturated carbocycles. The van der Waals surface area contributed by atoms with Crippen molar-refractivity contribution in [3.8, 4) is 0 Å². The first-order chi connectivity index (χ1) is 10.3. The Kier molecular flexibility index (Phi) is 5.29. The number of anilines is 1. The molecule has 0 fully saturated rings. The molecule has 0 saturated heterocycles. The molecule has 0 aliphatic heterocycles. The first-order valence-corrected chi connectivity index (χ1v) is 6.50. The van der Waals surface area contributed by atoms with Crippen LogP contribution < -0.4 is 5.43 Å². The van der Waals surface area contributed by atoms with Crippen LogP contribution in [0.25, 0.3) is 0 Å². The fraction of sp³-hybridized carbons (Fsp3) is 0.0588. The molecule has 0 aliphatic rings. The zero-order chi connectivity index (χ0) is 14.9. The molecule has 0 bridgehead atoms. The average molecular weight is 280 g/mol. The van der Waals surface area contributed by atoms with Gasteiger partial charge in [0.25, 0.3) is 0 Å². The predicted octanol–water partition coefficient (Wildman–Crippen LogP) is 3.23. The Hall–Kier alpha value is -2.88. The van der Waals surface area contributed by atoms with Gasteiger partial charge in [-0.05, 0) is 18.2 Å². The van der Waals surface area contributed by atoms with Gasteiger partial charge < -0.3 is 4.74 Å². The Morgan fingerprint density at radius 2 is 1.62 bits per heavy atom. The number of nitrogens with zero attached hydrogens (tertiary/aromatic N) is 1. The fourth-order valence-electron chi connectivity index (χ4n) is 1.66. The van der Waals surface area contributed by atoms with Crippen molar-refractivity contribution in [2.24, 2.45) is 5.10 Å². The standard InChI is InChI=1S/C17H16N2O2/c1-21-17(20)13-12-16(14-8-4-2-5-9-14)19-18-15-10-6-3-7-11-15/h2-13,18H,1H3/b13-12-,19-16+. The number of carbonyl (C=O) groups is 1. The highest BCUT2D eigenvalue weighted by Gasteiger charge is 2.01. The highest BCUT2D eigenvalue weighted by Crippen LogP contribution is 2.07. The van der Waals surface area contributed by atoms with Crippen LogP contribution >= 0.6 is 0 Å². The summed E-state index contributed by atoms with van der Waals surface area (Å²) in [5.41, 5.74) is 5.39. The smallest absolute Gasteiger partial charge is 0.330 e. The summed E-state index contributed by atoms with van der Waals surface area (Å²) >= 11 is 0. The van der Waals surface area contributed by atoms with Crippen LogP contribution in [0.1, 0.15) is 5.56 Å². The molecular weight excluding hydrogens is 264 g/mol. The number of hydrogen-bond donors (Lipinski definition) is 1. The Labute approximate surface area is 123 Å². The second-order valence-electron chi connectivity index (χ2n) is 4.20. The molecule has 0 unspecified atom stereocenters. The highest BCUT2D eigenvalue weighted by atomic mass is 16.5. The van der Waals surface area contributed by atoms with Gasteiger partial charge in [0, 0.05) is 11.6 Å². The van der Waals surface area contributed by atoms with Gasteiger partial charge in [0.1, 0.15) is 0 Å². The zero-order valence-corrected chi connectivity index (χ0v) is 11.7. The van der Waals surface area contributed by atoms with Gasteiger partial charge in [0.2, 0.25) is 0 Å². The lowest BCUT2D eigenvalue weighted by Crippen LogP contribution is -2.03. The van der Waals surface area contributed by atoms with E-state index in [4.69, 9.17) is 0 Å². The maximum absolute atomic E-state index is 11.2. The number of ether oxygens (including phenoxy) is 1. The van der Waals surface area contributed by atoms with Crippen LogP contribution in [-0.2, 0) is 9.53 Å². The normalized spacial score (nSPS) is 11.4. The van der Waals surface area contributed by atoms with E-state index in [1.807, 2.05) is 60.7 Å². The summed E-state index contributed by atoms with van der Waals surface area (Å²) in [5.74, 6) is -0.418. The van der Waals surface area contributed by atoms with Gasteiger partial charge in [0.15, 0.2) is 0 Å². The minimum atomic E-state index is -0.418. The summed E-state index contributed by atoms with van der Waals surface area (Å²) in [5, 5.41) is 4.34. The molecule has 0 amide bonds. The van der Waals surface area contributed by atoms with E-state index in [1.54, 1.807) is 6.08 Å². The third kappa shape index (κ3) is 4.62. The molecule has 0 atom stereocenters. The SMILES string of the molecule is COC(=O)/C=C\C(=N/Nc1ccccc1)c1ccccc1. The van der Waals surface area contributed by atoms with Crippen LogP contribution in [0.15, 0.2) is 77.9 Å². The second kappa shape index (κ2) is 7.65. The van der Waals surface area contributed by atoms with E-state index in [9.17, 15) is 4.79 Å². The number of hydrogen-bond acceptors (Lipinski definition) is 4. The van der Waals surface area contributed by atoms with Crippen molar-refractivity contribution in [3.63, 3.8) is 0 Å². The number of para-hydroxylation sites is 1. The van der Waals surface area contributed by atoms with Gasteiger partial charge in [-0.25, -0.2) is 4.79 Å². The first kappa shape index (κ1) is 14.5. The second-order valence-corrected chi connectivity index (χ2v) is 4.20. The monoisotopic (exact) mass is 280 g/mol. The van der Waals surface area contributed by atoms with Gasteiger partial charge in [-0.2, -0.15) is 5.10 Å². The number of esters is 1. The minimum Gasteiger partial charge on any atom is -0.466 e. The number of nitrogens with one attached hydrogen (secondary N) is 1. The Bertz CT molecular complexity index is 634. The number of allylic oxidation sites excluding steroid dienone is 1. The van der Waals surface area contributed by atoms with Crippen molar-refractivity contribution >= 4 is 17.4 Å². The number of carbonyl (C=O) groups excluding carboxylic acids is 1. The van der Waals surface area contributed by atoms with Crippen LogP contribution in [0.2, 0.25) is 0 Å². The topological polar surface area (TPSA) is 50.7 Å². The Morgan fingerprint density at radius 1 is 1.00 bits per heavy atom. The molecule has 4 nitrogen and oxygen atoms in total. The third-order valence-electron chi connectivity index (χ3n) is 2.73. The Balaban J connectivity index is 2.23. The van der Waals surface area contributed by atoms with Crippen molar-refractivity contribution < 1.29 is 9.53 Å². The lowest BCUT2D eigenvalue weighted by molar-refractivity contribution is -0.134. The van der Waals surface area contributed by atoms with Gasteiger partial charge in [-0.1, -0.05) is 48.5 Å². The lowest BCUT2D eigenvalue weighted by atomic mass is 10.1. The maximum Gasteiger partial charge on any atom is 0.330 e. The first-order valence-electron chi connectivity index (χ1n) is 6.50. The van der Waals surface area contributed by atoms with Crippen molar-refractivity contribution in [2.45, 2.75) is 0 Å². The van der Waals surface area contributed by atoms with Crippen molar-refractivity contribution in [2.75, 3.05) is 12.5 Å². The molecule has 106 valence electrons. The summed E-state index contributed by atoms with van der Waals surface area (Å²) < 4.78 is 4.60. The number of methoxy groups -OCH3 is 1. The van der Waals surface area contributed by atoms with Crippen LogP contribution in [0, 0.1) is 0 Å². The quantitative estimate of drug-likeness (QED) is 0.396. The largest absolute Gasteiger partial charge is 0.466 e. The van der Waals surface area contributed by atoms with Crippen molar-refractivity contribution in [1.29, 1.82) is 0 Å². The van der Waals surface area contributed by atoms with Crippen LogP contribution in [0.3, 0.4) is 0 Å². The molecule has 4 heteroatoms. The predicted molar refractivity (Wildman–Crippen MR) is 84.2 cm³/mol. The van der Waals surface area contributed by atoms with Crippen molar-refractivity contribution in [3.05, 3.63) is 78.4 Å². The van der Waals surface area contributed by atoms with Crippen LogP contribution in [0.5, 0.6) is 0 Å². The van der Waals surface area contributed by atoms with E-state index in [1.165, 1.54) is 13.2 Å². The van der Waals surface area contributed by atoms with Crippen LogP contribution in [-0.4, -0.2) is 18.8 Å². The molecule has 1 N–H and O–H groups in total. The molecular formula is C17H16N2O2. The molecule has 2 aromatic carbocycles. The Morgan fingerprint density at radius 3 is 2.24 bits per heavy atom. The fourth-order valence-corrected chi connectivity index (χ4v) is 1.66. The summed E-state index contributed by atoms with van der Waals surface area (Å²) in [6.45, 7) is 0. The maximum atomic E-state index is 11.2. The lowest BCUT2D eigenvalue weighted by Gasteiger charge is -2.04. The molecule has 0 aromatic heterocycles. The molecule has 2 rings (SSSR count). The van der Waals surface area contributed by atoms with Gasteiger partial charge in [-0.3, -0.25) is 5.43 Å². The van der Waals surface area contributed by atoms with E-state index in [-0.39, 0.29) is 0 Å². The van der Waals surface area contributed by atoms with Crippen LogP contribution in [0.4, 0.5) is 5.69 Å². The van der Waals surface area contributed by atoms with Gasteiger partial charge in [0.05, 0.1) is 18.5 Å². The average Bonchev–Trinajstić information content (AvgIpc) is 2.56. The van der Waals surface area contributed by atoms with E-state index < -0.39 is 5.97 Å². The number of rotatable bonds is 5. The van der Waals surface area contributed by atoms with Gasteiger partial charge in [-0.15, -0.1) is 0 Å². The molecule has 21 heavy (non-hydrogen) atoms. The number of hydrazone groups is 1. The third-order valence-corrected chi connectivity index (χ3v) is 2.73. The van der Waals surface area contributed by atoms with Gasteiger partial charge >= 0.3 is 5.97 Å². The molecule has 0 spiro atoms. The molecule has 2 aromatic rings. The summed E-state index contributed by atoms with van der Waals surface area (Å²) in [6, 6.07) is 19.2. The summed E-state index contributed by atoms with van der Waals surface area (Å²) in [7, 11) is 1.34. The van der Waals surface area contributed by atoms with E-state index in [0.717, 1.165) is 11.3 Å². The highest BCUT2D eigenvalue weighted by molar-refractivity contribution is 6.10. The molecule has 0 aliphatic carbocycles. The van der Waals surface area contributed by atoms with E-state index >= 15 is 0 Å². The summed E-state index contributed by atoms with van der Waals surface area (Å²) in [6.07, 6.45) is 2.97.